The van der Waals surface area contributed by atoms with Gasteiger partial charge in [0.15, 0.2) is 5.84 Å². The summed E-state index contributed by atoms with van der Waals surface area (Å²) in [4.78, 5) is 12.5. The van der Waals surface area contributed by atoms with Crippen molar-refractivity contribution in [2.24, 2.45) is 5.16 Å². The molecule has 170 valence electrons. The Hall–Kier alpha value is -3.54. The van der Waals surface area contributed by atoms with Crippen molar-refractivity contribution >= 4 is 11.9 Å². The van der Waals surface area contributed by atoms with Crippen LogP contribution in [-0.2, 0) is 11.3 Å². The summed E-state index contributed by atoms with van der Waals surface area (Å²) in [7, 11) is 1.71. The first-order valence-electron chi connectivity index (χ1n) is 11.6. The van der Waals surface area contributed by atoms with Crippen LogP contribution < -0.4 is 4.74 Å². The Morgan fingerprint density at radius 3 is 2.85 bits per heavy atom. The van der Waals surface area contributed by atoms with E-state index < -0.39 is 0 Å². The number of aromatic nitrogens is 2. The maximum atomic E-state index is 5.70. The second-order valence-electron chi connectivity index (χ2n) is 8.71. The maximum absolute atomic E-state index is 5.70. The van der Waals surface area contributed by atoms with Gasteiger partial charge in [0, 0.05) is 12.7 Å². The van der Waals surface area contributed by atoms with E-state index in [1.54, 1.807) is 7.11 Å². The molecule has 2 aromatic carbocycles. The van der Waals surface area contributed by atoms with Crippen LogP contribution in [0.4, 0.5) is 0 Å². The summed E-state index contributed by atoms with van der Waals surface area (Å²) in [6.45, 7) is 3.66. The van der Waals surface area contributed by atoms with E-state index in [0.717, 1.165) is 60.8 Å². The molecule has 33 heavy (non-hydrogen) atoms. The highest BCUT2D eigenvalue weighted by atomic mass is 16.6. The van der Waals surface area contributed by atoms with Gasteiger partial charge in [-0.25, -0.2) is 4.98 Å². The highest BCUT2D eigenvalue weighted by molar-refractivity contribution is 6.02. The van der Waals surface area contributed by atoms with Crippen molar-refractivity contribution in [3.05, 3.63) is 83.4 Å². The van der Waals surface area contributed by atoms with Crippen molar-refractivity contribution in [1.82, 2.24) is 14.5 Å². The van der Waals surface area contributed by atoms with Crippen molar-refractivity contribution in [3.8, 4) is 11.4 Å². The zero-order chi connectivity index (χ0) is 22.6. The molecule has 0 bridgehead atoms. The van der Waals surface area contributed by atoms with Crippen molar-refractivity contribution in [2.45, 2.75) is 38.6 Å². The van der Waals surface area contributed by atoms with Crippen LogP contribution in [-0.4, -0.2) is 46.6 Å². The summed E-state index contributed by atoms with van der Waals surface area (Å²) in [5.74, 6) is 1.80. The standard InChI is InChI=1S/C27H30N4O2/c1-20-17-30(19-28-20)25-13-11-22(16-26(25)32-2)15-23-9-6-14-31-24(18-33-29-27(23)31)12-10-21-7-4-3-5-8-21/h3-5,7-8,11,13,15-17,19,24H,6,9-10,12,14,18H2,1-2H3/b23-15+. The molecule has 0 radical (unpaired) electrons. The quantitative estimate of drug-likeness (QED) is 0.538. The third-order valence-electron chi connectivity index (χ3n) is 6.41. The van der Waals surface area contributed by atoms with Gasteiger partial charge in [-0.05, 0) is 67.5 Å². The second-order valence-corrected chi connectivity index (χ2v) is 8.71. The molecule has 6 heteroatoms. The lowest BCUT2D eigenvalue weighted by Crippen LogP contribution is -2.49. The number of ether oxygens (including phenoxy) is 1. The second kappa shape index (κ2) is 9.53. The van der Waals surface area contributed by atoms with E-state index in [2.05, 4.69) is 69.6 Å². The number of nitrogens with zero attached hydrogens (tertiary/aromatic N) is 4. The molecule has 1 unspecified atom stereocenters. The number of fused-ring (bicyclic) bond motifs is 1. The number of amidine groups is 1. The number of imidazole rings is 1. The first kappa shape index (κ1) is 21.3. The molecular formula is C27H30N4O2. The van der Waals surface area contributed by atoms with Crippen molar-refractivity contribution in [1.29, 1.82) is 0 Å². The van der Waals surface area contributed by atoms with E-state index in [1.807, 2.05) is 24.0 Å². The molecule has 1 saturated heterocycles. The van der Waals surface area contributed by atoms with E-state index in [0.29, 0.717) is 12.6 Å². The molecule has 3 aromatic rings. The van der Waals surface area contributed by atoms with Gasteiger partial charge in [0.25, 0.3) is 0 Å². The van der Waals surface area contributed by atoms with Gasteiger partial charge in [-0.1, -0.05) is 41.6 Å². The number of hydrogen-bond acceptors (Lipinski definition) is 5. The SMILES string of the molecule is COc1cc(/C=C2\CCCN3C2=NOCC3CCc2ccccc2)ccc1-n1cnc(C)c1. The molecule has 0 aliphatic carbocycles. The Kier molecular flexibility index (Phi) is 6.15. The molecule has 3 heterocycles. The zero-order valence-electron chi connectivity index (χ0n) is 19.3. The Morgan fingerprint density at radius 2 is 2.06 bits per heavy atom. The molecule has 0 N–H and O–H groups in total. The Morgan fingerprint density at radius 1 is 1.18 bits per heavy atom. The van der Waals surface area contributed by atoms with Crippen LogP contribution in [0, 0.1) is 6.92 Å². The van der Waals surface area contributed by atoms with Crippen LogP contribution in [0.5, 0.6) is 5.75 Å². The van der Waals surface area contributed by atoms with Crippen molar-refractivity contribution < 1.29 is 9.57 Å². The van der Waals surface area contributed by atoms with Crippen LogP contribution in [0.1, 0.15) is 36.1 Å². The lowest BCUT2D eigenvalue weighted by Gasteiger charge is -2.40. The molecule has 0 spiro atoms. The monoisotopic (exact) mass is 442 g/mol. The summed E-state index contributed by atoms with van der Waals surface area (Å²) in [5.41, 5.74) is 5.64. The molecule has 1 atom stereocenters. The van der Waals surface area contributed by atoms with Gasteiger partial charge in [-0.15, -0.1) is 0 Å². The van der Waals surface area contributed by atoms with E-state index in [1.165, 1.54) is 11.1 Å². The Balaban J connectivity index is 1.36. The molecule has 2 aliphatic heterocycles. The van der Waals surface area contributed by atoms with Gasteiger partial charge in [0.2, 0.25) is 0 Å². The van der Waals surface area contributed by atoms with Crippen LogP contribution in [0.25, 0.3) is 11.8 Å². The van der Waals surface area contributed by atoms with Gasteiger partial charge in [-0.3, -0.25) is 0 Å². The third kappa shape index (κ3) is 4.65. The van der Waals surface area contributed by atoms with Crippen molar-refractivity contribution in [3.63, 3.8) is 0 Å². The minimum atomic E-state index is 0.350. The first-order valence-corrected chi connectivity index (χ1v) is 11.6. The lowest BCUT2D eigenvalue weighted by atomic mass is 9.96. The van der Waals surface area contributed by atoms with Gasteiger partial charge in [0.05, 0.1) is 30.9 Å². The number of hydrogen-bond donors (Lipinski definition) is 0. The Labute approximate surface area is 195 Å². The number of benzene rings is 2. The van der Waals surface area contributed by atoms with Crippen LogP contribution in [0.15, 0.2) is 71.8 Å². The van der Waals surface area contributed by atoms with E-state index >= 15 is 0 Å². The molecule has 5 rings (SSSR count). The fraction of sp³-hybridized carbons (Fsp3) is 0.333. The summed E-state index contributed by atoms with van der Waals surface area (Å²) < 4.78 is 7.68. The van der Waals surface area contributed by atoms with Gasteiger partial charge >= 0.3 is 0 Å². The first-order chi connectivity index (χ1) is 16.2. The van der Waals surface area contributed by atoms with Gasteiger partial charge in [0.1, 0.15) is 12.4 Å². The summed E-state index contributed by atoms with van der Waals surface area (Å²) in [6.07, 6.45) is 10.3. The largest absolute Gasteiger partial charge is 0.495 e. The van der Waals surface area contributed by atoms with Crippen LogP contribution in [0.2, 0.25) is 0 Å². The summed E-state index contributed by atoms with van der Waals surface area (Å²) in [6, 6.07) is 17.3. The fourth-order valence-corrected chi connectivity index (χ4v) is 4.69. The summed E-state index contributed by atoms with van der Waals surface area (Å²) in [5, 5.41) is 4.48. The predicted octanol–water partition coefficient (Wildman–Crippen LogP) is 5.01. The lowest BCUT2D eigenvalue weighted by molar-refractivity contribution is 0.0546. The molecule has 0 saturated carbocycles. The smallest absolute Gasteiger partial charge is 0.171 e. The molecular weight excluding hydrogens is 412 g/mol. The highest BCUT2D eigenvalue weighted by Crippen LogP contribution is 2.30. The van der Waals surface area contributed by atoms with E-state index in [9.17, 15) is 0 Å². The van der Waals surface area contributed by atoms with Crippen LogP contribution in [0.3, 0.4) is 0 Å². The molecule has 6 nitrogen and oxygen atoms in total. The Bertz CT molecular complexity index is 1170. The van der Waals surface area contributed by atoms with E-state index in [-0.39, 0.29) is 0 Å². The number of methoxy groups -OCH3 is 1. The third-order valence-corrected chi connectivity index (χ3v) is 6.41. The normalized spacial score (nSPS) is 19.1. The predicted molar refractivity (Wildman–Crippen MR) is 131 cm³/mol. The van der Waals surface area contributed by atoms with E-state index in [4.69, 9.17) is 9.57 Å². The van der Waals surface area contributed by atoms with Gasteiger partial charge in [-0.2, -0.15) is 0 Å². The molecule has 1 fully saturated rings. The van der Waals surface area contributed by atoms with Gasteiger partial charge < -0.3 is 19.0 Å². The number of piperidine rings is 1. The topological polar surface area (TPSA) is 51.9 Å². The average molecular weight is 443 g/mol. The average Bonchev–Trinajstić information content (AvgIpc) is 3.29. The molecule has 0 amide bonds. The summed E-state index contributed by atoms with van der Waals surface area (Å²) >= 11 is 0. The molecule has 2 aliphatic rings. The molecule has 1 aromatic heterocycles. The van der Waals surface area contributed by atoms with Crippen LogP contribution >= 0.6 is 0 Å². The maximum Gasteiger partial charge on any atom is 0.171 e. The number of oxime groups is 1. The minimum absolute atomic E-state index is 0.350. The zero-order valence-corrected chi connectivity index (χ0v) is 19.3. The fourth-order valence-electron chi connectivity index (χ4n) is 4.69. The highest BCUT2D eigenvalue weighted by Gasteiger charge is 2.31. The number of aryl methyl sites for hydroxylation is 2. The number of rotatable bonds is 6. The van der Waals surface area contributed by atoms with Crippen molar-refractivity contribution in [2.75, 3.05) is 20.3 Å². The minimum Gasteiger partial charge on any atom is -0.495 e.